The topological polar surface area (TPSA) is 49.8 Å². The van der Waals surface area contributed by atoms with Crippen molar-refractivity contribution in [2.24, 2.45) is 0 Å². The minimum absolute atomic E-state index is 0.0259. The van der Waals surface area contributed by atoms with Gasteiger partial charge in [0.2, 0.25) is 5.95 Å². The van der Waals surface area contributed by atoms with Gasteiger partial charge in [0.1, 0.15) is 5.82 Å². The Balaban J connectivity index is 2.39. The van der Waals surface area contributed by atoms with Gasteiger partial charge in [0, 0.05) is 12.1 Å². The molecule has 2 rings (SSSR count). The van der Waals surface area contributed by atoms with Crippen molar-refractivity contribution in [3.8, 4) is 0 Å². The van der Waals surface area contributed by atoms with Crippen molar-refractivity contribution < 1.29 is 26.3 Å². The van der Waals surface area contributed by atoms with Gasteiger partial charge in [0.05, 0.1) is 16.3 Å². The van der Waals surface area contributed by atoms with Crippen LogP contribution in [0, 0.1) is 0 Å². The molecule has 4 nitrogen and oxygen atoms in total. The van der Waals surface area contributed by atoms with Crippen LogP contribution in [-0.4, -0.2) is 16.0 Å². The summed E-state index contributed by atoms with van der Waals surface area (Å²) >= 11 is 5.80. The Kier molecular flexibility index (Phi) is 5.55. The van der Waals surface area contributed by atoms with E-state index in [0.29, 0.717) is 12.1 Å². The molecule has 0 atom stereocenters. The molecule has 0 amide bonds. The van der Waals surface area contributed by atoms with E-state index in [1.54, 1.807) is 13.8 Å². The lowest BCUT2D eigenvalue weighted by Crippen LogP contribution is -2.17. The fourth-order valence-corrected chi connectivity index (χ4v) is 2.14. The Morgan fingerprint density at radius 3 is 2.12 bits per heavy atom. The third kappa shape index (κ3) is 5.13. The molecular weight excluding hydrogens is 386 g/mol. The third-order valence-electron chi connectivity index (χ3n) is 2.99. The summed E-state index contributed by atoms with van der Waals surface area (Å²) in [4.78, 5) is 7.27. The van der Waals surface area contributed by atoms with E-state index in [4.69, 9.17) is 11.6 Å². The second kappa shape index (κ2) is 7.18. The summed E-state index contributed by atoms with van der Waals surface area (Å²) < 4.78 is 76.9. The molecule has 1 heterocycles. The Bertz CT molecular complexity index is 789. The molecule has 0 unspecified atom stereocenters. The molecule has 11 heteroatoms. The van der Waals surface area contributed by atoms with Crippen LogP contribution < -0.4 is 10.6 Å². The van der Waals surface area contributed by atoms with Crippen LogP contribution in [0.25, 0.3) is 0 Å². The first-order chi connectivity index (χ1) is 11.9. The van der Waals surface area contributed by atoms with Crippen molar-refractivity contribution in [3.63, 3.8) is 0 Å². The third-order valence-corrected chi connectivity index (χ3v) is 3.31. The van der Waals surface area contributed by atoms with E-state index < -0.39 is 23.6 Å². The molecule has 2 aromatic rings. The minimum Gasteiger partial charge on any atom is -0.352 e. The maximum absolute atomic E-state index is 13.0. The summed E-state index contributed by atoms with van der Waals surface area (Å²) in [6.07, 6.45) is -9.31. The van der Waals surface area contributed by atoms with Gasteiger partial charge in [-0.2, -0.15) is 31.3 Å². The highest BCUT2D eigenvalue weighted by Gasteiger charge is 2.34. The summed E-state index contributed by atoms with van der Waals surface area (Å²) in [5, 5.41) is 4.82. The van der Waals surface area contributed by atoms with Crippen molar-refractivity contribution in [2.45, 2.75) is 32.2 Å². The first kappa shape index (κ1) is 20.1. The highest BCUT2D eigenvalue weighted by Crippen LogP contribution is 2.35. The number of aromatic nitrogens is 2. The standard InChI is InChI=1S/C15H13ClF6N4/c1-7(2)23-13-25-11(15(20,21)22)6-12(26-13)24-10-4-3-8(5-9(10)16)14(17,18)19/h3-7H,1-2H3,(H2,23,24,25,26). The van der Waals surface area contributed by atoms with E-state index >= 15 is 0 Å². The number of alkyl halides is 6. The lowest BCUT2D eigenvalue weighted by atomic mass is 10.2. The first-order valence-electron chi connectivity index (χ1n) is 7.23. The highest BCUT2D eigenvalue weighted by atomic mass is 35.5. The molecule has 0 saturated carbocycles. The van der Waals surface area contributed by atoms with Gasteiger partial charge < -0.3 is 10.6 Å². The van der Waals surface area contributed by atoms with E-state index in [0.717, 1.165) is 12.1 Å². The second-order valence-electron chi connectivity index (χ2n) is 5.58. The molecule has 0 aliphatic carbocycles. The maximum atomic E-state index is 13.0. The Morgan fingerprint density at radius 1 is 0.962 bits per heavy atom. The summed E-state index contributed by atoms with van der Waals surface area (Å²) in [7, 11) is 0. The number of nitrogens with zero attached hydrogens (tertiary/aromatic N) is 2. The van der Waals surface area contributed by atoms with Crippen molar-refractivity contribution in [2.75, 3.05) is 10.6 Å². The van der Waals surface area contributed by atoms with E-state index in [1.165, 1.54) is 0 Å². The van der Waals surface area contributed by atoms with Gasteiger partial charge in [-0.3, -0.25) is 0 Å². The van der Waals surface area contributed by atoms with Crippen LogP contribution >= 0.6 is 11.6 Å². The van der Waals surface area contributed by atoms with Crippen molar-refractivity contribution in [1.82, 2.24) is 9.97 Å². The second-order valence-corrected chi connectivity index (χ2v) is 5.98. The fourth-order valence-electron chi connectivity index (χ4n) is 1.91. The minimum atomic E-state index is -4.73. The lowest BCUT2D eigenvalue weighted by Gasteiger charge is -2.15. The Morgan fingerprint density at radius 2 is 1.62 bits per heavy atom. The van der Waals surface area contributed by atoms with Crippen LogP contribution in [0.4, 0.5) is 43.8 Å². The number of hydrogen-bond acceptors (Lipinski definition) is 4. The van der Waals surface area contributed by atoms with Gasteiger partial charge in [0.25, 0.3) is 0 Å². The smallest absolute Gasteiger partial charge is 0.352 e. The van der Waals surface area contributed by atoms with Crippen LogP contribution in [-0.2, 0) is 12.4 Å². The average molecular weight is 399 g/mol. The van der Waals surface area contributed by atoms with Crippen LogP contribution in [0.5, 0.6) is 0 Å². The molecule has 2 N–H and O–H groups in total. The molecule has 0 bridgehead atoms. The van der Waals surface area contributed by atoms with Crippen molar-refractivity contribution in [3.05, 3.63) is 40.5 Å². The quantitative estimate of drug-likeness (QED) is 0.646. The van der Waals surface area contributed by atoms with E-state index in [2.05, 4.69) is 20.6 Å². The van der Waals surface area contributed by atoms with Gasteiger partial charge >= 0.3 is 12.4 Å². The Labute approximate surface area is 149 Å². The molecule has 0 fully saturated rings. The molecule has 1 aromatic heterocycles. The predicted octanol–water partition coefficient (Wildman–Crippen LogP) is 5.73. The Hall–Kier alpha value is -2.23. The number of halogens is 7. The van der Waals surface area contributed by atoms with Crippen LogP contribution in [0.1, 0.15) is 25.1 Å². The van der Waals surface area contributed by atoms with E-state index in [9.17, 15) is 26.3 Å². The van der Waals surface area contributed by atoms with E-state index in [1.807, 2.05) is 0 Å². The van der Waals surface area contributed by atoms with Gasteiger partial charge in [0.15, 0.2) is 5.69 Å². The molecule has 0 radical (unpaired) electrons. The largest absolute Gasteiger partial charge is 0.433 e. The number of rotatable bonds is 4. The highest BCUT2D eigenvalue weighted by molar-refractivity contribution is 6.33. The molecule has 26 heavy (non-hydrogen) atoms. The van der Waals surface area contributed by atoms with Gasteiger partial charge in [-0.1, -0.05) is 11.6 Å². The lowest BCUT2D eigenvalue weighted by molar-refractivity contribution is -0.141. The number of nitrogens with one attached hydrogen (secondary N) is 2. The van der Waals surface area contributed by atoms with Crippen molar-refractivity contribution >= 4 is 29.1 Å². The molecule has 142 valence electrons. The van der Waals surface area contributed by atoms with Crippen LogP contribution in [0.3, 0.4) is 0 Å². The van der Waals surface area contributed by atoms with Gasteiger partial charge in [-0.05, 0) is 32.0 Å². The van der Waals surface area contributed by atoms with Crippen LogP contribution in [0.2, 0.25) is 5.02 Å². The molecule has 0 aliphatic heterocycles. The zero-order valence-electron chi connectivity index (χ0n) is 13.4. The van der Waals surface area contributed by atoms with Gasteiger partial charge in [-0.25, -0.2) is 4.98 Å². The summed E-state index contributed by atoms with van der Waals surface area (Å²) in [6.45, 7) is 3.37. The van der Waals surface area contributed by atoms with Crippen molar-refractivity contribution in [1.29, 1.82) is 0 Å². The summed E-state index contributed by atoms with van der Waals surface area (Å²) in [5.41, 5.74) is -2.21. The molecule has 1 aromatic carbocycles. The average Bonchev–Trinajstić information content (AvgIpc) is 2.46. The number of hydrogen-bond donors (Lipinski definition) is 2. The zero-order valence-corrected chi connectivity index (χ0v) is 14.2. The summed E-state index contributed by atoms with van der Waals surface area (Å²) in [6, 6.07) is 2.84. The van der Waals surface area contributed by atoms with Crippen LogP contribution in [0.15, 0.2) is 24.3 Å². The number of benzene rings is 1. The SMILES string of the molecule is CC(C)Nc1nc(Nc2ccc(C(F)(F)F)cc2Cl)cc(C(F)(F)F)n1. The first-order valence-corrected chi connectivity index (χ1v) is 7.60. The fraction of sp³-hybridized carbons (Fsp3) is 0.333. The molecule has 0 saturated heterocycles. The van der Waals surface area contributed by atoms with Gasteiger partial charge in [-0.15, -0.1) is 0 Å². The number of anilines is 3. The zero-order chi connectivity index (χ0) is 19.7. The molecular formula is C15H13ClF6N4. The normalized spacial score (nSPS) is 12.4. The van der Waals surface area contributed by atoms with E-state index in [-0.39, 0.29) is 28.5 Å². The molecule has 0 aliphatic rings. The monoisotopic (exact) mass is 398 g/mol. The maximum Gasteiger partial charge on any atom is 0.433 e. The summed E-state index contributed by atoms with van der Waals surface area (Å²) in [5.74, 6) is -0.544. The molecule has 0 spiro atoms. The predicted molar refractivity (Wildman–Crippen MR) is 85.5 cm³/mol.